The van der Waals surface area contributed by atoms with Gasteiger partial charge in [-0.25, -0.2) is 9.59 Å². The van der Waals surface area contributed by atoms with Crippen LogP contribution in [0.5, 0.6) is 11.5 Å². The number of hydrogen-bond acceptors (Lipinski definition) is 10. The molecule has 0 radical (unpaired) electrons. The molecule has 182 valence electrons. The molecule has 1 aromatic heterocycles. The van der Waals surface area contributed by atoms with E-state index in [0.29, 0.717) is 23.1 Å². The van der Waals surface area contributed by atoms with Gasteiger partial charge in [0, 0.05) is 11.5 Å². The minimum atomic E-state index is -0.982. The van der Waals surface area contributed by atoms with E-state index in [2.05, 4.69) is 11.7 Å². The fraction of sp³-hybridized carbons (Fsp3) is 0.458. The molecular weight excluding hydrogens is 446 g/mol. The number of oxime groups is 1. The van der Waals surface area contributed by atoms with Gasteiger partial charge in [0.1, 0.15) is 29.8 Å². The maximum Gasteiger partial charge on any atom is 0.509 e. The predicted molar refractivity (Wildman–Crippen MR) is 121 cm³/mol. The van der Waals surface area contributed by atoms with Gasteiger partial charge in [-0.3, -0.25) is 0 Å². The summed E-state index contributed by atoms with van der Waals surface area (Å²) in [7, 11) is 1.34. The number of rotatable bonds is 6. The number of benzene rings is 1. The minimum Gasteiger partial charge on any atom is -0.506 e. The zero-order valence-corrected chi connectivity index (χ0v) is 19.6. The second-order valence-electron chi connectivity index (χ2n) is 8.65. The number of carbonyl (C=O) groups excluding carboxylic acids is 1. The van der Waals surface area contributed by atoms with Crippen molar-refractivity contribution in [3.63, 3.8) is 0 Å². The van der Waals surface area contributed by atoms with Crippen LogP contribution in [0.25, 0.3) is 11.0 Å². The summed E-state index contributed by atoms with van der Waals surface area (Å²) in [5.74, 6) is -0.129. The average molecular weight is 473 g/mol. The van der Waals surface area contributed by atoms with Gasteiger partial charge in [-0.2, -0.15) is 0 Å². The first-order chi connectivity index (χ1) is 16.1. The SMILES string of the molecule is C=CC[C@]1(C)OC(Oc2ccc3c(O)c(/C(C)=N/OC)c(=O)oc3c2C)C2OC(=O)OC2C1C. The standard InChI is InChI=1S/C24H27NO9/c1-7-10-24(5)12(3)19-20(33-23(28)32-19)22(34-24)30-15-9-8-14-17(26)16(13(4)25-29-6)21(27)31-18(14)11(15)2/h7-9,12,19-20,22,26H,1,10H2,2-6H3/b25-13+/t12?,19?,20?,22?,24-/m0/s1. The van der Waals surface area contributed by atoms with E-state index >= 15 is 0 Å². The van der Waals surface area contributed by atoms with Crippen LogP contribution in [-0.4, -0.2) is 48.2 Å². The van der Waals surface area contributed by atoms with Crippen molar-refractivity contribution in [2.24, 2.45) is 11.1 Å². The summed E-state index contributed by atoms with van der Waals surface area (Å²) in [6.07, 6.45) is -0.885. The lowest BCUT2D eigenvalue weighted by Gasteiger charge is -2.46. The average Bonchev–Trinajstić information content (AvgIpc) is 3.16. The molecule has 5 atom stereocenters. The molecule has 4 unspecified atom stereocenters. The summed E-state index contributed by atoms with van der Waals surface area (Å²) in [6.45, 7) is 10.8. The molecule has 4 rings (SSSR count). The Balaban J connectivity index is 1.74. The number of fused-ring (bicyclic) bond motifs is 2. The van der Waals surface area contributed by atoms with E-state index in [0.717, 1.165) is 0 Å². The van der Waals surface area contributed by atoms with Crippen LogP contribution in [0, 0.1) is 12.8 Å². The van der Waals surface area contributed by atoms with E-state index in [1.165, 1.54) is 14.0 Å². The third-order valence-corrected chi connectivity index (χ3v) is 6.53. The molecule has 0 spiro atoms. The van der Waals surface area contributed by atoms with Crippen molar-refractivity contribution in [2.75, 3.05) is 7.11 Å². The van der Waals surface area contributed by atoms with E-state index in [1.807, 2.05) is 13.8 Å². The zero-order valence-electron chi connectivity index (χ0n) is 19.6. The molecular formula is C24H27NO9. The Labute approximate surface area is 195 Å². The molecule has 10 heteroatoms. The molecule has 0 aliphatic carbocycles. The second kappa shape index (κ2) is 8.68. The number of aromatic hydroxyl groups is 1. The van der Waals surface area contributed by atoms with Gasteiger partial charge in [-0.05, 0) is 39.3 Å². The summed E-state index contributed by atoms with van der Waals surface area (Å²) >= 11 is 0. The molecule has 0 amide bonds. The van der Waals surface area contributed by atoms with Crippen LogP contribution in [0.2, 0.25) is 0 Å². The molecule has 2 aliphatic rings. The van der Waals surface area contributed by atoms with Gasteiger partial charge in [0.15, 0.2) is 6.10 Å². The Morgan fingerprint density at radius 2 is 2.00 bits per heavy atom. The Bertz CT molecular complexity index is 1230. The molecule has 1 aromatic carbocycles. The van der Waals surface area contributed by atoms with Crippen LogP contribution in [0.15, 0.2) is 39.2 Å². The molecule has 1 N–H and O–H groups in total. The molecule has 2 saturated heterocycles. The third-order valence-electron chi connectivity index (χ3n) is 6.53. The molecule has 0 bridgehead atoms. The van der Waals surface area contributed by atoms with Crippen molar-refractivity contribution >= 4 is 22.8 Å². The van der Waals surface area contributed by atoms with E-state index in [4.69, 9.17) is 28.2 Å². The van der Waals surface area contributed by atoms with Crippen molar-refractivity contribution < 1.29 is 38.1 Å². The Morgan fingerprint density at radius 3 is 2.68 bits per heavy atom. The maximum absolute atomic E-state index is 12.6. The normalized spacial score (nSPS) is 28.7. The van der Waals surface area contributed by atoms with Crippen molar-refractivity contribution in [3.05, 3.63) is 46.3 Å². The fourth-order valence-electron chi connectivity index (χ4n) is 4.50. The molecule has 2 aromatic rings. The first-order valence-electron chi connectivity index (χ1n) is 10.8. The van der Waals surface area contributed by atoms with Gasteiger partial charge in [-0.15, -0.1) is 6.58 Å². The second-order valence-corrected chi connectivity index (χ2v) is 8.65. The summed E-state index contributed by atoms with van der Waals surface area (Å²) in [6, 6.07) is 3.17. The number of carbonyl (C=O) groups is 1. The Morgan fingerprint density at radius 1 is 1.29 bits per heavy atom. The molecule has 2 fully saturated rings. The number of aryl methyl sites for hydroxylation is 1. The predicted octanol–water partition coefficient (Wildman–Crippen LogP) is 3.79. The van der Waals surface area contributed by atoms with Gasteiger partial charge in [0.05, 0.1) is 16.7 Å². The Kier molecular flexibility index (Phi) is 6.03. The highest BCUT2D eigenvalue weighted by molar-refractivity contribution is 6.04. The lowest BCUT2D eigenvalue weighted by molar-refractivity contribution is -0.265. The lowest BCUT2D eigenvalue weighted by atomic mass is 9.79. The topological polar surface area (TPSA) is 126 Å². The van der Waals surface area contributed by atoms with Gasteiger partial charge >= 0.3 is 11.8 Å². The minimum absolute atomic E-state index is 0.0925. The Hall–Kier alpha value is -3.53. The highest BCUT2D eigenvalue weighted by Crippen LogP contribution is 2.43. The smallest absolute Gasteiger partial charge is 0.506 e. The van der Waals surface area contributed by atoms with Crippen LogP contribution in [0.1, 0.15) is 38.3 Å². The monoisotopic (exact) mass is 473 g/mol. The summed E-state index contributed by atoms with van der Waals surface area (Å²) in [5.41, 5.74) is -0.818. The van der Waals surface area contributed by atoms with Gasteiger partial charge in [-0.1, -0.05) is 18.2 Å². The van der Waals surface area contributed by atoms with E-state index in [9.17, 15) is 14.7 Å². The van der Waals surface area contributed by atoms with Crippen LogP contribution in [0.3, 0.4) is 0 Å². The van der Waals surface area contributed by atoms with Crippen molar-refractivity contribution in [1.29, 1.82) is 0 Å². The lowest BCUT2D eigenvalue weighted by Crippen LogP contribution is -2.59. The summed E-state index contributed by atoms with van der Waals surface area (Å²) in [5, 5.41) is 14.7. The summed E-state index contributed by atoms with van der Waals surface area (Å²) < 4.78 is 28.7. The van der Waals surface area contributed by atoms with E-state index in [1.54, 1.807) is 25.1 Å². The molecule has 34 heavy (non-hydrogen) atoms. The number of nitrogens with zero attached hydrogens (tertiary/aromatic N) is 1. The molecule has 0 saturated carbocycles. The first kappa shape index (κ1) is 23.6. The fourth-order valence-corrected chi connectivity index (χ4v) is 4.50. The van der Waals surface area contributed by atoms with Crippen molar-refractivity contribution in [2.45, 2.75) is 58.2 Å². The highest BCUT2D eigenvalue weighted by atomic mass is 16.8. The number of ether oxygens (including phenoxy) is 4. The molecule has 3 heterocycles. The quantitative estimate of drug-likeness (QED) is 0.219. The highest BCUT2D eigenvalue weighted by Gasteiger charge is 2.57. The molecule has 10 nitrogen and oxygen atoms in total. The van der Waals surface area contributed by atoms with Crippen LogP contribution in [0.4, 0.5) is 4.79 Å². The largest absolute Gasteiger partial charge is 0.509 e. The van der Waals surface area contributed by atoms with Crippen molar-refractivity contribution in [1.82, 2.24) is 0 Å². The third kappa shape index (κ3) is 3.77. The van der Waals surface area contributed by atoms with Crippen LogP contribution >= 0.6 is 0 Å². The van der Waals surface area contributed by atoms with Crippen molar-refractivity contribution in [3.8, 4) is 11.5 Å². The summed E-state index contributed by atoms with van der Waals surface area (Å²) in [4.78, 5) is 29.2. The van der Waals surface area contributed by atoms with E-state index in [-0.39, 0.29) is 28.5 Å². The van der Waals surface area contributed by atoms with E-state index < -0.39 is 35.9 Å². The van der Waals surface area contributed by atoms with Gasteiger partial charge < -0.3 is 33.3 Å². The number of hydrogen-bond donors (Lipinski definition) is 1. The molecule has 2 aliphatic heterocycles. The van der Waals surface area contributed by atoms with Crippen LogP contribution < -0.4 is 10.4 Å². The van der Waals surface area contributed by atoms with Crippen LogP contribution in [-0.2, 0) is 19.0 Å². The maximum atomic E-state index is 12.6. The zero-order chi connectivity index (χ0) is 24.8. The first-order valence-corrected chi connectivity index (χ1v) is 10.8. The van der Waals surface area contributed by atoms with Gasteiger partial charge in [0.25, 0.3) is 0 Å². The van der Waals surface area contributed by atoms with Gasteiger partial charge in [0.2, 0.25) is 12.4 Å².